The Bertz CT molecular complexity index is 264. The normalized spacial score (nSPS) is 11.4. The highest BCUT2D eigenvalue weighted by atomic mass is 14.0. The molecule has 0 amide bonds. The second kappa shape index (κ2) is 31.0. The highest BCUT2D eigenvalue weighted by Gasteiger charge is 1.96. The fourth-order valence-corrected chi connectivity index (χ4v) is 4.93. The van der Waals surface area contributed by atoms with Crippen LogP contribution in [0.3, 0.4) is 0 Å². The minimum atomic E-state index is 1.37. The quantitative estimate of drug-likeness (QED) is 0.0995. The minimum Gasteiger partial charge on any atom is -0.0654 e. The van der Waals surface area contributed by atoms with Gasteiger partial charge < -0.3 is 0 Å². The van der Waals surface area contributed by atoms with Crippen LogP contribution in [0.15, 0.2) is 0 Å². The molecule has 1 radical (unpaired) electrons. The fraction of sp³-hybridized carbons (Fsp3) is 0.969. The van der Waals surface area contributed by atoms with Crippen molar-refractivity contribution in [3.05, 3.63) is 6.42 Å². The minimum absolute atomic E-state index is 1.37. The van der Waals surface area contributed by atoms with Gasteiger partial charge >= 0.3 is 0 Å². The zero-order chi connectivity index (χ0) is 23.2. The molecule has 0 rings (SSSR count). The smallest absolute Gasteiger partial charge is 0.0386 e. The Labute approximate surface area is 206 Å². The van der Waals surface area contributed by atoms with Gasteiger partial charge in [-0.05, 0) is 6.42 Å². The van der Waals surface area contributed by atoms with E-state index in [1.807, 2.05) is 0 Å². The van der Waals surface area contributed by atoms with Crippen molar-refractivity contribution in [2.75, 3.05) is 0 Å². The molecule has 0 aliphatic rings. The highest BCUT2D eigenvalue weighted by molar-refractivity contribution is 4.64. The van der Waals surface area contributed by atoms with Crippen molar-refractivity contribution in [3.8, 4) is 0 Å². The lowest BCUT2D eigenvalue weighted by Crippen LogP contribution is -1.85. The summed E-state index contributed by atoms with van der Waals surface area (Å²) >= 11 is 0. The predicted molar refractivity (Wildman–Crippen MR) is 150 cm³/mol. The molecule has 0 aromatic carbocycles. The molecule has 0 spiro atoms. The molecule has 0 bridgehead atoms. The molecular weight excluding hydrogens is 384 g/mol. The van der Waals surface area contributed by atoms with Crippen LogP contribution >= 0.6 is 0 Å². The Morgan fingerprint density at radius 3 is 0.656 bits per heavy atom. The van der Waals surface area contributed by atoms with Crippen LogP contribution in [0, 0.1) is 6.42 Å². The Balaban J connectivity index is 2.98. The molecule has 0 saturated heterocycles. The first-order valence-electron chi connectivity index (χ1n) is 15.7. The summed E-state index contributed by atoms with van der Waals surface area (Å²) in [6.45, 7) is 4.61. The first-order valence-corrected chi connectivity index (χ1v) is 15.7. The lowest BCUT2D eigenvalue weighted by Gasteiger charge is -2.04. The monoisotopic (exact) mass is 450 g/mol. The average molecular weight is 450 g/mol. The van der Waals surface area contributed by atoms with Gasteiger partial charge in [-0.3, -0.25) is 0 Å². The molecule has 0 aromatic heterocycles. The summed E-state index contributed by atoms with van der Waals surface area (Å²) in [5.74, 6) is 0. The van der Waals surface area contributed by atoms with Crippen LogP contribution in [-0.4, -0.2) is 0 Å². The van der Waals surface area contributed by atoms with Gasteiger partial charge in [0.25, 0.3) is 0 Å². The second-order valence-electron chi connectivity index (χ2n) is 10.7. The van der Waals surface area contributed by atoms with Crippen LogP contribution in [0.5, 0.6) is 0 Å². The third kappa shape index (κ3) is 30.0. The van der Waals surface area contributed by atoms with Crippen LogP contribution < -0.4 is 0 Å². The van der Waals surface area contributed by atoms with Gasteiger partial charge in [0.2, 0.25) is 0 Å². The summed E-state index contributed by atoms with van der Waals surface area (Å²) in [6.07, 6.45) is 44.9. The zero-order valence-corrected chi connectivity index (χ0v) is 23.1. The Hall–Kier alpha value is 0. The van der Waals surface area contributed by atoms with E-state index in [1.165, 1.54) is 186 Å². The van der Waals surface area contributed by atoms with Crippen molar-refractivity contribution in [1.82, 2.24) is 0 Å². The van der Waals surface area contributed by atoms with Crippen LogP contribution in [0.4, 0.5) is 0 Å². The average Bonchev–Trinajstić information content (AvgIpc) is 2.81. The third-order valence-electron chi connectivity index (χ3n) is 7.27. The first kappa shape index (κ1) is 32.0. The largest absolute Gasteiger partial charge is 0.0654 e. The summed E-state index contributed by atoms with van der Waals surface area (Å²) in [7, 11) is 0. The maximum Gasteiger partial charge on any atom is -0.0386 e. The van der Waals surface area contributed by atoms with Gasteiger partial charge in [0.1, 0.15) is 0 Å². The maximum absolute atomic E-state index is 2.56. The first-order chi connectivity index (χ1) is 15.9. The molecule has 193 valence electrons. The summed E-state index contributed by atoms with van der Waals surface area (Å²) in [5.41, 5.74) is 0. The van der Waals surface area contributed by atoms with Crippen LogP contribution in [-0.2, 0) is 0 Å². The fourth-order valence-electron chi connectivity index (χ4n) is 4.93. The van der Waals surface area contributed by atoms with E-state index in [9.17, 15) is 0 Å². The number of hydrogen-bond donors (Lipinski definition) is 0. The molecule has 0 heteroatoms. The molecule has 0 fully saturated rings. The second-order valence-corrected chi connectivity index (χ2v) is 10.7. The van der Waals surface area contributed by atoms with Crippen molar-refractivity contribution >= 4 is 0 Å². The topological polar surface area (TPSA) is 0 Å². The summed E-state index contributed by atoms with van der Waals surface area (Å²) in [4.78, 5) is 0. The molecule has 32 heavy (non-hydrogen) atoms. The zero-order valence-electron chi connectivity index (χ0n) is 23.1. The molecule has 0 N–H and O–H groups in total. The van der Waals surface area contributed by atoms with E-state index < -0.39 is 0 Å². The van der Waals surface area contributed by atoms with Crippen LogP contribution in [0.1, 0.15) is 200 Å². The molecule has 0 saturated carbocycles. The van der Waals surface area contributed by atoms with E-state index >= 15 is 0 Å². The van der Waals surface area contributed by atoms with Crippen molar-refractivity contribution in [2.45, 2.75) is 200 Å². The van der Waals surface area contributed by atoms with Gasteiger partial charge in [0, 0.05) is 0 Å². The number of unbranched alkanes of at least 4 members (excludes halogenated alkanes) is 29. The van der Waals surface area contributed by atoms with E-state index in [2.05, 4.69) is 20.3 Å². The third-order valence-corrected chi connectivity index (χ3v) is 7.27. The van der Waals surface area contributed by atoms with Crippen molar-refractivity contribution in [1.29, 1.82) is 0 Å². The molecule has 0 atom stereocenters. The molecule has 0 unspecified atom stereocenters. The Kier molecular flexibility index (Phi) is 31.0. The van der Waals surface area contributed by atoms with Gasteiger partial charge in [-0.1, -0.05) is 200 Å². The van der Waals surface area contributed by atoms with Crippen molar-refractivity contribution in [3.63, 3.8) is 0 Å². The van der Waals surface area contributed by atoms with Crippen LogP contribution in [0.25, 0.3) is 0 Å². The molecule has 0 nitrogen and oxygen atoms in total. The Morgan fingerprint density at radius 1 is 0.250 bits per heavy atom. The lowest BCUT2D eigenvalue weighted by atomic mass is 10.0. The van der Waals surface area contributed by atoms with E-state index in [0.29, 0.717) is 0 Å². The van der Waals surface area contributed by atoms with Gasteiger partial charge in [-0.25, -0.2) is 0 Å². The van der Waals surface area contributed by atoms with Crippen molar-refractivity contribution < 1.29 is 0 Å². The Morgan fingerprint density at radius 2 is 0.438 bits per heavy atom. The highest BCUT2D eigenvalue weighted by Crippen LogP contribution is 2.16. The summed E-state index contributed by atoms with van der Waals surface area (Å²) < 4.78 is 0. The summed E-state index contributed by atoms with van der Waals surface area (Å²) in [6, 6.07) is 0. The SMILES string of the molecule is CCCCCCCC[CH]CCCCCCCCCCCCCCCCCCCCCCC. The van der Waals surface area contributed by atoms with Crippen LogP contribution in [0.2, 0.25) is 0 Å². The number of rotatable bonds is 29. The van der Waals surface area contributed by atoms with Gasteiger partial charge in [-0.2, -0.15) is 0 Å². The lowest BCUT2D eigenvalue weighted by molar-refractivity contribution is 0.519. The molecule has 0 aromatic rings. The molecular formula is C32H65. The maximum atomic E-state index is 2.56. The van der Waals surface area contributed by atoms with E-state index in [1.54, 1.807) is 0 Å². The van der Waals surface area contributed by atoms with Gasteiger partial charge in [-0.15, -0.1) is 0 Å². The molecule has 0 aliphatic heterocycles. The summed E-state index contributed by atoms with van der Waals surface area (Å²) in [5, 5.41) is 0. The van der Waals surface area contributed by atoms with E-state index in [0.717, 1.165) is 0 Å². The van der Waals surface area contributed by atoms with Crippen molar-refractivity contribution in [2.24, 2.45) is 0 Å². The molecule has 0 aliphatic carbocycles. The predicted octanol–water partition coefficient (Wildman–Crippen LogP) is 12.5. The van der Waals surface area contributed by atoms with Gasteiger partial charge in [0.05, 0.1) is 0 Å². The van der Waals surface area contributed by atoms with Gasteiger partial charge in [0.15, 0.2) is 0 Å². The standard InChI is InChI=1S/C32H65/c1-3-5-7-9-11-13-15-17-19-21-23-25-27-29-31-32-30-28-26-24-22-20-18-16-14-12-10-8-6-4-2/h17H,3-16,18-32H2,1-2H3. The van der Waals surface area contributed by atoms with E-state index in [-0.39, 0.29) is 0 Å². The molecule has 0 heterocycles. The number of hydrogen-bond acceptors (Lipinski definition) is 0. The van der Waals surface area contributed by atoms with E-state index in [4.69, 9.17) is 0 Å².